The second-order valence-corrected chi connectivity index (χ2v) is 8.05. The number of aliphatic hydroxyl groups is 1. The predicted molar refractivity (Wildman–Crippen MR) is 125 cm³/mol. The SMILES string of the molecule is CCN(CC)CCN1C(=O)C(=O)/C(=C(/O)c2c(C)[nH]c(C(=O)OC)c2C)[C@H]1c1ccccc1. The zero-order chi connectivity index (χ0) is 24.3. The number of nitrogens with one attached hydrogen (secondary N) is 1. The topological polar surface area (TPSA) is 103 Å². The van der Waals surface area contributed by atoms with E-state index in [-0.39, 0.29) is 17.0 Å². The molecule has 0 bridgehead atoms. The number of likely N-dealkylation sites (N-methyl/N-ethyl adjacent to an activating group) is 1. The van der Waals surface area contributed by atoms with Crippen LogP contribution in [-0.4, -0.2) is 70.8 Å². The number of aromatic nitrogens is 1. The molecule has 2 N–H and O–H groups in total. The molecule has 1 aromatic heterocycles. The van der Waals surface area contributed by atoms with E-state index in [4.69, 9.17) is 4.74 Å². The summed E-state index contributed by atoms with van der Waals surface area (Å²) in [5.74, 6) is -2.25. The van der Waals surface area contributed by atoms with Gasteiger partial charge in [0.15, 0.2) is 0 Å². The van der Waals surface area contributed by atoms with Gasteiger partial charge in [0.25, 0.3) is 11.7 Å². The van der Waals surface area contributed by atoms with Crippen LogP contribution in [-0.2, 0) is 14.3 Å². The zero-order valence-corrected chi connectivity index (χ0v) is 19.8. The summed E-state index contributed by atoms with van der Waals surface area (Å²) in [7, 11) is 1.27. The molecule has 3 rings (SSSR count). The van der Waals surface area contributed by atoms with E-state index < -0.39 is 23.7 Å². The molecule has 1 amide bonds. The Hall–Kier alpha value is -3.39. The maximum absolute atomic E-state index is 13.2. The third-order valence-corrected chi connectivity index (χ3v) is 6.27. The van der Waals surface area contributed by atoms with Gasteiger partial charge in [-0.1, -0.05) is 44.2 Å². The molecular weight excluding hydrogens is 422 g/mol. The van der Waals surface area contributed by atoms with Crippen LogP contribution in [0.4, 0.5) is 0 Å². The first kappa shape index (κ1) is 24.3. The van der Waals surface area contributed by atoms with Gasteiger partial charge in [0.1, 0.15) is 11.5 Å². The number of aromatic amines is 1. The Labute approximate surface area is 193 Å². The number of ether oxygens (including phenoxy) is 1. The number of rotatable bonds is 8. The highest BCUT2D eigenvalue weighted by Gasteiger charge is 2.46. The minimum atomic E-state index is -0.736. The Balaban J connectivity index is 2.16. The van der Waals surface area contributed by atoms with Crippen molar-refractivity contribution in [3.05, 3.63) is 64.0 Å². The van der Waals surface area contributed by atoms with Crippen LogP contribution in [0.2, 0.25) is 0 Å². The lowest BCUT2D eigenvalue weighted by molar-refractivity contribution is -0.140. The van der Waals surface area contributed by atoms with E-state index in [1.165, 1.54) is 12.0 Å². The number of likely N-dealkylation sites (tertiary alicyclic amines) is 1. The van der Waals surface area contributed by atoms with Crippen molar-refractivity contribution in [3.8, 4) is 0 Å². The number of aliphatic hydroxyl groups excluding tert-OH is 1. The number of H-pyrrole nitrogens is 1. The van der Waals surface area contributed by atoms with Gasteiger partial charge in [0.05, 0.1) is 18.7 Å². The second-order valence-electron chi connectivity index (χ2n) is 8.05. The number of nitrogens with zero attached hydrogens (tertiary/aromatic N) is 2. The average molecular weight is 454 g/mol. The molecule has 0 radical (unpaired) electrons. The number of aryl methyl sites for hydroxylation is 1. The first-order chi connectivity index (χ1) is 15.8. The van der Waals surface area contributed by atoms with Gasteiger partial charge in [0, 0.05) is 24.3 Å². The number of Topliss-reactive ketones (excluding diaryl/α,β-unsaturated/α-hetero) is 1. The summed E-state index contributed by atoms with van der Waals surface area (Å²) in [6.45, 7) is 10.1. The number of ketones is 1. The Bertz CT molecular complexity index is 1080. The third kappa shape index (κ3) is 4.43. The minimum Gasteiger partial charge on any atom is -0.507 e. The molecule has 8 heteroatoms. The number of hydrogen-bond acceptors (Lipinski definition) is 6. The Morgan fingerprint density at radius 3 is 2.36 bits per heavy atom. The van der Waals surface area contributed by atoms with Crippen LogP contribution >= 0.6 is 0 Å². The summed E-state index contributed by atoms with van der Waals surface area (Å²) in [4.78, 5) is 45.0. The molecule has 1 aliphatic heterocycles. The van der Waals surface area contributed by atoms with Gasteiger partial charge in [-0.3, -0.25) is 9.59 Å². The Morgan fingerprint density at radius 2 is 1.79 bits per heavy atom. The lowest BCUT2D eigenvalue weighted by Gasteiger charge is -2.28. The highest BCUT2D eigenvalue weighted by atomic mass is 16.5. The molecule has 0 spiro atoms. The van der Waals surface area contributed by atoms with Gasteiger partial charge >= 0.3 is 5.97 Å². The Morgan fingerprint density at radius 1 is 1.15 bits per heavy atom. The fraction of sp³-hybridized carbons (Fsp3) is 0.400. The normalized spacial score (nSPS) is 17.8. The van der Waals surface area contributed by atoms with Crippen molar-refractivity contribution < 1.29 is 24.2 Å². The third-order valence-electron chi connectivity index (χ3n) is 6.27. The van der Waals surface area contributed by atoms with Crippen molar-refractivity contribution in [1.29, 1.82) is 0 Å². The van der Waals surface area contributed by atoms with Crippen LogP contribution in [0.15, 0.2) is 35.9 Å². The molecule has 1 fully saturated rings. The van der Waals surface area contributed by atoms with E-state index in [1.54, 1.807) is 13.8 Å². The number of methoxy groups -OCH3 is 1. The summed E-state index contributed by atoms with van der Waals surface area (Å²) in [5, 5.41) is 11.4. The lowest BCUT2D eigenvalue weighted by Crippen LogP contribution is -2.38. The lowest BCUT2D eigenvalue weighted by atomic mass is 9.94. The predicted octanol–water partition coefficient (Wildman–Crippen LogP) is 3.18. The summed E-state index contributed by atoms with van der Waals surface area (Å²) in [6.07, 6.45) is 0. The van der Waals surface area contributed by atoms with Gasteiger partial charge in [-0.2, -0.15) is 0 Å². The van der Waals surface area contributed by atoms with Crippen molar-refractivity contribution in [2.24, 2.45) is 0 Å². The molecule has 33 heavy (non-hydrogen) atoms. The van der Waals surface area contributed by atoms with Crippen molar-refractivity contribution in [1.82, 2.24) is 14.8 Å². The van der Waals surface area contributed by atoms with Gasteiger partial charge < -0.3 is 24.6 Å². The number of amides is 1. The van der Waals surface area contributed by atoms with Crippen LogP contribution < -0.4 is 0 Å². The summed E-state index contributed by atoms with van der Waals surface area (Å²) < 4.78 is 4.81. The van der Waals surface area contributed by atoms with Gasteiger partial charge in [-0.25, -0.2) is 4.79 Å². The van der Waals surface area contributed by atoms with E-state index in [9.17, 15) is 19.5 Å². The van der Waals surface area contributed by atoms with Crippen LogP contribution in [0.5, 0.6) is 0 Å². The second kappa shape index (κ2) is 10.0. The van der Waals surface area contributed by atoms with Crippen LogP contribution in [0, 0.1) is 13.8 Å². The van der Waals surface area contributed by atoms with Crippen molar-refractivity contribution in [3.63, 3.8) is 0 Å². The van der Waals surface area contributed by atoms with Crippen LogP contribution in [0.25, 0.3) is 5.76 Å². The molecule has 2 heterocycles. The number of carbonyl (C=O) groups excluding carboxylic acids is 3. The number of benzene rings is 1. The van der Waals surface area contributed by atoms with E-state index in [0.717, 1.165) is 18.7 Å². The maximum atomic E-state index is 13.2. The summed E-state index contributed by atoms with van der Waals surface area (Å²) >= 11 is 0. The standard InChI is InChI=1S/C25H31N3O5/c1-6-27(7-2)13-14-28-21(17-11-9-8-10-12-17)19(23(30)24(28)31)22(29)18-15(3)20(25(32)33-5)26-16(18)4/h8-12,21,26,29H,6-7,13-14H2,1-5H3/b22-19+/t21-/m1/s1. The quantitative estimate of drug-likeness (QED) is 0.275. The molecule has 176 valence electrons. The first-order valence-corrected chi connectivity index (χ1v) is 11.1. The van der Waals surface area contributed by atoms with Gasteiger partial charge in [-0.05, 0) is 38.1 Å². The maximum Gasteiger partial charge on any atom is 0.354 e. The van der Waals surface area contributed by atoms with Crippen LogP contribution in [0.3, 0.4) is 0 Å². The van der Waals surface area contributed by atoms with Crippen LogP contribution in [0.1, 0.15) is 52.8 Å². The fourth-order valence-corrected chi connectivity index (χ4v) is 4.43. The average Bonchev–Trinajstić information content (AvgIpc) is 3.26. The first-order valence-electron chi connectivity index (χ1n) is 11.1. The highest BCUT2D eigenvalue weighted by molar-refractivity contribution is 6.46. The Kier molecular flexibility index (Phi) is 7.38. The molecule has 0 saturated carbocycles. The smallest absolute Gasteiger partial charge is 0.354 e. The molecule has 1 aliphatic rings. The van der Waals surface area contributed by atoms with E-state index in [1.807, 2.05) is 44.2 Å². The number of carbonyl (C=O) groups is 3. The van der Waals surface area contributed by atoms with Crippen molar-refractivity contribution in [2.45, 2.75) is 33.7 Å². The van der Waals surface area contributed by atoms with Gasteiger partial charge in [0.2, 0.25) is 0 Å². The zero-order valence-electron chi connectivity index (χ0n) is 19.8. The molecular formula is C25H31N3O5. The van der Waals surface area contributed by atoms with Crippen molar-refractivity contribution in [2.75, 3.05) is 33.3 Å². The summed E-state index contributed by atoms with van der Waals surface area (Å²) in [5.41, 5.74) is 2.25. The molecule has 0 unspecified atom stereocenters. The summed E-state index contributed by atoms with van der Waals surface area (Å²) in [6, 6.07) is 8.48. The largest absolute Gasteiger partial charge is 0.507 e. The molecule has 8 nitrogen and oxygen atoms in total. The fourth-order valence-electron chi connectivity index (χ4n) is 4.43. The molecule has 1 saturated heterocycles. The number of hydrogen-bond donors (Lipinski definition) is 2. The van der Waals surface area contributed by atoms with Crippen molar-refractivity contribution >= 4 is 23.4 Å². The van der Waals surface area contributed by atoms with E-state index >= 15 is 0 Å². The highest BCUT2D eigenvalue weighted by Crippen LogP contribution is 2.40. The number of esters is 1. The van der Waals surface area contributed by atoms with E-state index in [0.29, 0.717) is 29.9 Å². The van der Waals surface area contributed by atoms with E-state index in [2.05, 4.69) is 9.88 Å². The minimum absolute atomic E-state index is 0.0207. The molecule has 1 aromatic carbocycles. The monoisotopic (exact) mass is 453 g/mol. The molecule has 1 atom stereocenters. The molecule has 0 aliphatic carbocycles. The molecule has 2 aromatic rings. The van der Waals surface area contributed by atoms with Gasteiger partial charge in [-0.15, -0.1) is 0 Å².